The van der Waals surface area contributed by atoms with Gasteiger partial charge >= 0.3 is 5.97 Å². The third kappa shape index (κ3) is 4.26. The number of benzene rings is 2. The lowest BCUT2D eigenvalue weighted by atomic mass is 10.0. The maximum atomic E-state index is 13.2. The Balaban J connectivity index is 1.94. The average Bonchev–Trinajstić information content (AvgIpc) is 2.76. The quantitative estimate of drug-likeness (QED) is 0.581. The van der Waals surface area contributed by atoms with Crippen LogP contribution in [0, 0.1) is 6.92 Å². The fourth-order valence-electron chi connectivity index (χ4n) is 3.08. The van der Waals surface area contributed by atoms with E-state index in [0.717, 1.165) is 16.7 Å². The molecule has 0 bridgehead atoms. The van der Waals surface area contributed by atoms with Crippen LogP contribution in [0.25, 0.3) is 6.08 Å². The highest BCUT2D eigenvalue weighted by Crippen LogP contribution is 2.32. The van der Waals surface area contributed by atoms with Crippen molar-refractivity contribution in [2.24, 2.45) is 0 Å². The number of para-hydroxylation sites is 1. The van der Waals surface area contributed by atoms with Gasteiger partial charge in [-0.15, -0.1) is 0 Å². The lowest BCUT2D eigenvalue weighted by molar-refractivity contribution is -0.134. The number of sulfonamides is 1. The van der Waals surface area contributed by atoms with E-state index in [2.05, 4.69) is 4.74 Å². The van der Waals surface area contributed by atoms with Crippen molar-refractivity contribution in [1.82, 2.24) is 4.31 Å². The highest BCUT2D eigenvalue weighted by Gasteiger charge is 2.33. The summed E-state index contributed by atoms with van der Waals surface area (Å²) in [6, 6.07) is 12.4. The molecule has 1 aliphatic heterocycles. The molecule has 28 heavy (non-hydrogen) atoms. The summed E-state index contributed by atoms with van der Waals surface area (Å²) in [5.41, 5.74) is 2.63. The van der Waals surface area contributed by atoms with E-state index in [-0.39, 0.29) is 24.1 Å². The molecule has 1 aliphatic rings. The zero-order chi connectivity index (χ0) is 20.3. The van der Waals surface area contributed by atoms with Gasteiger partial charge in [0, 0.05) is 12.6 Å². The van der Waals surface area contributed by atoms with Crippen LogP contribution >= 0.6 is 0 Å². The highest BCUT2D eigenvalue weighted by atomic mass is 32.2. The van der Waals surface area contributed by atoms with Crippen LogP contribution in [0.1, 0.15) is 23.6 Å². The number of carbonyl (C=O) groups excluding carboxylic acids is 1. The van der Waals surface area contributed by atoms with Gasteiger partial charge in [0.25, 0.3) is 0 Å². The van der Waals surface area contributed by atoms with Gasteiger partial charge in [0.2, 0.25) is 10.0 Å². The molecule has 0 amide bonds. The minimum atomic E-state index is -3.69. The molecule has 0 radical (unpaired) electrons. The van der Waals surface area contributed by atoms with E-state index in [1.165, 1.54) is 17.5 Å². The van der Waals surface area contributed by atoms with Gasteiger partial charge < -0.3 is 9.47 Å². The fraction of sp³-hybridized carbons (Fsp3) is 0.286. The Bertz CT molecular complexity index is 1010. The molecule has 2 aromatic carbocycles. The molecule has 148 valence electrons. The molecular weight excluding hydrogens is 378 g/mol. The normalized spacial score (nSPS) is 18.9. The van der Waals surface area contributed by atoms with Crippen molar-refractivity contribution < 1.29 is 22.7 Å². The third-order valence-electron chi connectivity index (χ3n) is 4.59. The van der Waals surface area contributed by atoms with E-state index in [4.69, 9.17) is 4.74 Å². The number of nitrogens with zero attached hydrogens (tertiary/aromatic N) is 1. The minimum Gasteiger partial charge on any atom is -0.488 e. The molecule has 7 heteroatoms. The van der Waals surface area contributed by atoms with E-state index in [1.54, 1.807) is 30.3 Å². The first-order valence-electron chi connectivity index (χ1n) is 8.92. The van der Waals surface area contributed by atoms with Crippen molar-refractivity contribution in [3.05, 3.63) is 65.2 Å². The Kier molecular flexibility index (Phi) is 5.86. The first kappa shape index (κ1) is 20.1. The molecule has 0 spiro atoms. The maximum absolute atomic E-state index is 13.2. The van der Waals surface area contributed by atoms with E-state index in [1.807, 2.05) is 32.0 Å². The topological polar surface area (TPSA) is 72.9 Å². The summed E-state index contributed by atoms with van der Waals surface area (Å²) in [7, 11) is -2.38. The van der Waals surface area contributed by atoms with Crippen molar-refractivity contribution in [1.29, 1.82) is 0 Å². The predicted octanol–water partition coefficient (Wildman–Crippen LogP) is 3.15. The van der Waals surface area contributed by atoms with Crippen LogP contribution in [-0.2, 0) is 26.1 Å². The number of methoxy groups -OCH3 is 1. The van der Waals surface area contributed by atoms with Gasteiger partial charge in [-0.3, -0.25) is 0 Å². The second kappa shape index (κ2) is 8.16. The van der Waals surface area contributed by atoms with Crippen molar-refractivity contribution in [3.63, 3.8) is 0 Å². The van der Waals surface area contributed by atoms with Gasteiger partial charge in [0.15, 0.2) is 0 Å². The van der Waals surface area contributed by atoms with Crippen LogP contribution in [0.3, 0.4) is 0 Å². The SMILES string of the molecule is COC(=O)C=Cc1ccc(C)c(CN2C[C@@H](C)Oc3ccccc3S2(=O)=O)c1. The van der Waals surface area contributed by atoms with Gasteiger partial charge in [0.1, 0.15) is 16.7 Å². The molecule has 0 aromatic heterocycles. The highest BCUT2D eigenvalue weighted by molar-refractivity contribution is 7.89. The fourth-order valence-corrected chi connectivity index (χ4v) is 4.69. The standard InChI is InChI=1S/C21H23NO5S/c1-15-8-9-17(10-11-21(23)26-3)12-18(15)14-22-13-16(2)27-19-6-4-5-7-20(19)28(22,24)25/h4-12,16H,13-14H2,1-3H3/t16-/m1/s1. The lowest BCUT2D eigenvalue weighted by Crippen LogP contribution is -2.35. The zero-order valence-corrected chi connectivity index (χ0v) is 16.9. The summed E-state index contributed by atoms with van der Waals surface area (Å²) in [5, 5.41) is 0. The largest absolute Gasteiger partial charge is 0.488 e. The number of rotatable bonds is 4. The molecule has 1 atom stereocenters. The van der Waals surface area contributed by atoms with Gasteiger partial charge in [-0.25, -0.2) is 13.2 Å². The summed E-state index contributed by atoms with van der Waals surface area (Å²) in [4.78, 5) is 11.5. The number of hydrogen-bond acceptors (Lipinski definition) is 5. The van der Waals surface area contributed by atoms with Crippen molar-refractivity contribution >= 4 is 22.1 Å². The Labute approximate surface area is 165 Å². The number of fused-ring (bicyclic) bond motifs is 1. The van der Waals surface area contributed by atoms with Gasteiger partial charge in [-0.1, -0.05) is 30.3 Å². The van der Waals surface area contributed by atoms with E-state index in [9.17, 15) is 13.2 Å². The smallest absolute Gasteiger partial charge is 0.330 e. The summed E-state index contributed by atoms with van der Waals surface area (Å²) in [6.07, 6.45) is 2.71. The van der Waals surface area contributed by atoms with Crippen molar-refractivity contribution in [2.75, 3.05) is 13.7 Å². The Morgan fingerprint density at radius 2 is 2.04 bits per heavy atom. The van der Waals surface area contributed by atoms with Crippen LogP contribution in [0.5, 0.6) is 5.75 Å². The molecule has 0 aliphatic carbocycles. The zero-order valence-electron chi connectivity index (χ0n) is 16.1. The Morgan fingerprint density at radius 3 is 2.79 bits per heavy atom. The first-order valence-corrected chi connectivity index (χ1v) is 10.4. The number of carbonyl (C=O) groups is 1. The van der Waals surface area contributed by atoms with Gasteiger partial charge in [-0.2, -0.15) is 4.31 Å². The summed E-state index contributed by atoms with van der Waals surface area (Å²) < 4.78 is 38.2. The number of aryl methyl sites for hydroxylation is 1. The number of ether oxygens (including phenoxy) is 2. The Morgan fingerprint density at radius 1 is 1.29 bits per heavy atom. The number of esters is 1. The molecule has 0 unspecified atom stereocenters. The molecule has 0 saturated carbocycles. The first-order chi connectivity index (χ1) is 13.3. The van der Waals surface area contributed by atoms with E-state index in [0.29, 0.717) is 5.75 Å². The van der Waals surface area contributed by atoms with Crippen LogP contribution in [0.2, 0.25) is 0 Å². The van der Waals surface area contributed by atoms with Crippen LogP contribution in [-0.4, -0.2) is 38.5 Å². The lowest BCUT2D eigenvalue weighted by Gasteiger charge is -2.22. The molecule has 0 fully saturated rings. The second-order valence-corrected chi connectivity index (χ2v) is 8.62. The monoisotopic (exact) mass is 401 g/mol. The van der Waals surface area contributed by atoms with Gasteiger partial charge in [0.05, 0.1) is 13.7 Å². The predicted molar refractivity (Wildman–Crippen MR) is 106 cm³/mol. The van der Waals surface area contributed by atoms with E-state index >= 15 is 0 Å². The molecule has 0 N–H and O–H groups in total. The summed E-state index contributed by atoms with van der Waals surface area (Å²) >= 11 is 0. The van der Waals surface area contributed by atoms with Crippen LogP contribution < -0.4 is 4.74 Å². The summed E-state index contributed by atoms with van der Waals surface area (Å²) in [6.45, 7) is 4.25. The van der Waals surface area contributed by atoms with Crippen molar-refractivity contribution in [2.45, 2.75) is 31.4 Å². The maximum Gasteiger partial charge on any atom is 0.330 e. The Hall–Kier alpha value is -2.64. The van der Waals surface area contributed by atoms with Gasteiger partial charge in [-0.05, 0) is 48.7 Å². The molecule has 1 heterocycles. The molecule has 2 aromatic rings. The molecule has 0 saturated heterocycles. The minimum absolute atomic E-state index is 0.179. The average molecular weight is 401 g/mol. The van der Waals surface area contributed by atoms with Crippen LogP contribution in [0.4, 0.5) is 0 Å². The van der Waals surface area contributed by atoms with Crippen LogP contribution in [0.15, 0.2) is 53.4 Å². The summed E-state index contributed by atoms with van der Waals surface area (Å²) in [5.74, 6) is -0.0659. The second-order valence-electron chi connectivity index (χ2n) is 6.72. The van der Waals surface area contributed by atoms with Crippen molar-refractivity contribution in [3.8, 4) is 5.75 Å². The molecule has 6 nitrogen and oxygen atoms in total. The third-order valence-corrected chi connectivity index (χ3v) is 6.44. The molecule has 3 rings (SSSR count). The van der Waals surface area contributed by atoms with E-state index < -0.39 is 16.0 Å². The molecular formula is C21H23NO5S. The number of hydrogen-bond donors (Lipinski definition) is 0.